The van der Waals surface area contributed by atoms with Crippen LogP contribution in [-0.2, 0) is 16.0 Å². The Morgan fingerprint density at radius 1 is 0.929 bits per heavy atom. The summed E-state index contributed by atoms with van der Waals surface area (Å²) in [6, 6.07) is 10.5. The van der Waals surface area contributed by atoms with Crippen molar-refractivity contribution in [2.45, 2.75) is 13.3 Å². The summed E-state index contributed by atoms with van der Waals surface area (Å²) in [5.74, 6) is -0.273. The van der Waals surface area contributed by atoms with Crippen LogP contribution < -0.4 is 25.0 Å². The summed E-state index contributed by atoms with van der Waals surface area (Å²) < 4.78 is 15.7. The average Bonchev–Trinajstić information content (AvgIpc) is 2.73. The van der Waals surface area contributed by atoms with Gasteiger partial charge in [0.05, 0.1) is 27.5 Å². The van der Waals surface area contributed by atoms with Gasteiger partial charge < -0.3 is 19.5 Å². The van der Waals surface area contributed by atoms with Gasteiger partial charge in [-0.25, -0.2) is 5.43 Å². The van der Waals surface area contributed by atoms with Crippen molar-refractivity contribution in [2.75, 3.05) is 26.6 Å². The molecule has 2 amide bonds. The van der Waals surface area contributed by atoms with Crippen molar-refractivity contribution in [2.24, 2.45) is 5.10 Å². The molecule has 0 spiro atoms. The van der Waals surface area contributed by atoms with E-state index >= 15 is 0 Å². The number of aryl methyl sites for hydroxylation is 1. The molecule has 0 aliphatic rings. The standard InChI is InChI=1S/C20H23N3O5/c1-5-13-6-8-15(9-7-13)22-19(24)20(25)23-21-12-14-10-17(27-3)18(28-4)11-16(14)26-2/h6-12H,5H2,1-4H3,(H,22,24)(H,23,25)/b21-12+. The second kappa shape index (κ2) is 9.96. The van der Waals surface area contributed by atoms with Gasteiger partial charge in [-0.2, -0.15) is 5.10 Å². The van der Waals surface area contributed by atoms with E-state index in [1.807, 2.05) is 19.1 Å². The monoisotopic (exact) mass is 385 g/mol. The molecule has 0 saturated heterocycles. The van der Waals surface area contributed by atoms with Crippen molar-refractivity contribution >= 4 is 23.7 Å². The van der Waals surface area contributed by atoms with Crippen LogP contribution in [0.1, 0.15) is 18.1 Å². The average molecular weight is 385 g/mol. The lowest BCUT2D eigenvalue weighted by atomic mass is 10.1. The number of anilines is 1. The maximum atomic E-state index is 12.0. The summed E-state index contributed by atoms with van der Waals surface area (Å²) in [6.07, 6.45) is 2.24. The first kappa shape index (κ1) is 20.8. The van der Waals surface area contributed by atoms with Gasteiger partial charge in [0.2, 0.25) is 0 Å². The molecule has 0 radical (unpaired) electrons. The summed E-state index contributed by atoms with van der Waals surface area (Å²) in [6.45, 7) is 2.03. The summed E-state index contributed by atoms with van der Waals surface area (Å²) in [7, 11) is 4.51. The maximum absolute atomic E-state index is 12.0. The van der Waals surface area contributed by atoms with Gasteiger partial charge in [-0.3, -0.25) is 9.59 Å². The van der Waals surface area contributed by atoms with Crippen LogP contribution in [0.2, 0.25) is 0 Å². The number of carbonyl (C=O) groups excluding carboxylic acids is 2. The fourth-order valence-corrected chi connectivity index (χ4v) is 2.38. The van der Waals surface area contributed by atoms with Crippen LogP contribution in [0.5, 0.6) is 17.2 Å². The van der Waals surface area contributed by atoms with Crippen molar-refractivity contribution in [3.05, 3.63) is 47.5 Å². The normalized spacial score (nSPS) is 10.4. The van der Waals surface area contributed by atoms with E-state index in [9.17, 15) is 9.59 Å². The predicted octanol–water partition coefficient (Wildman–Crippen LogP) is 2.36. The molecule has 0 saturated carbocycles. The molecule has 0 aliphatic carbocycles. The third kappa shape index (κ3) is 5.23. The molecule has 2 N–H and O–H groups in total. The van der Waals surface area contributed by atoms with E-state index in [4.69, 9.17) is 14.2 Å². The summed E-state index contributed by atoms with van der Waals surface area (Å²) in [4.78, 5) is 23.9. The minimum absolute atomic E-state index is 0.469. The quantitative estimate of drug-likeness (QED) is 0.433. The number of amides is 2. The zero-order chi connectivity index (χ0) is 20.5. The third-order valence-corrected chi connectivity index (χ3v) is 3.93. The molecule has 2 aromatic carbocycles. The van der Waals surface area contributed by atoms with Gasteiger partial charge in [0, 0.05) is 17.3 Å². The number of ether oxygens (including phenoxy) is 3. The van der Waals surface area contributed by atoms with Crippen molar-refractivity contribution in [3.8, 4) is 17.2 Å². The van der Waals surface area contributed by atoms with Gasteiger partial charge in [-0.1, -0.05) is 19.1 Å². The summed E-state index contributed by atoms with van der Waals surface area (Å²) >= 11 is 0. The minimum atomic E-state index is -0.893. The molecule has 0 heterocycles. The molecular weight excluding hydrogens is 362 g/mol. The molecule has 8 heteroatoms. The Morgan fingerprint density at radius 2 is 1.54 bits per heavy atom. The van der Waals surface area contributed by atoms with Crippen LogP contribution in [0.15, 0.2) is 41.5 Å². The fourth-order valence-electron chi connectivity index (χ4n) is 2.38. The zero-order valence-corrected chi connectivity index (χ0v) is 16.2. The Kier molecular flexibility index (Phi) is 7.38. The van der Waals surface area contributed by atoms with Crippen molar-refractivity contribution < 1.29 is 23.8 Å². The first-order valence-corrected chi connectivity index (χ1v) is 8.55. The van der Waals surface area contributed by atoms with Crippen LogP contribution >= 0.6 is 0 Å². The maximum Gasteiger partial charge on any atom is 0.329 e. The summed E-state index contributed by atoms with van der Waals surface area (Å²) in [5, 5.41) is 6.32. The molecule has 0 aromatic heterocycles. The van der Waals surface area contributed by atoms with E-state index in [1.165, 1.54) is 27.5 Å². The van der Waals surface area contributed by atoms with E-state index < -0.39 is 11.8 Å². The molecular formula is C20H23N3O5. The Balaban J connectivity index is 2.02. The first-order valence-electron chi connectivity index (χ1n) is 8.55. The minimum Gasteiger partial charge on any atom is -0.496 e. The molecule has 0 atom stereocenters. The Hall–Kier alpha value is -3.55. The molecule has 8 nitrogen and oxygen atoms in total. The van der Waals surface area contributed by atoms with E-state index in [-0.39, 0.29) is 0 Å². The van der Waals surface area contributed by atoms with Gasteiger partial charge in [-0.05, 0) is 30.2 Å². The van der Waals surface area contributed by atoms with E-state index in [0.29, 0.717) is 28.5 Å². The van der Waals surface area contributed by atoms with Crippen molar-refractivity contribution in [1.82, 2.24) is 5.43 Å². The van der Waals surface area contributed by atoms with Crippen LogP contribution in [0.3, 0.4) is 0 Å². The Bertz CT molecular complexity index is 863. The lowest BCUT2D eigenvalue weighted by molar-refractivity contribution is -0.136. The predicted molar refractivity (Wildman–Crippen MR) is 106 cm³/mol. The smallest absolute Gasteiger partial charge is 0.329 e. The van der Waals surface area contributed by atoms with Crippen LogP contribution in [0.4, 0.5) is 5.69 Å². The highest BCUT2D eigenvalue weighted by Gasteiger charge is 2.14. The van der Waals surface area contributed by atoms with Crippen LogP contribution in [0.25, 0.3) is 0 Å². The molecule has 0 bridgehead atoms. The molecule has 0 fully saturated rings. The van der Waals surface area contributed by atoms with Gasteiger partial charge in [0.15, 0.2) is 11.5 Å². The van der Waals surface area contributed by atoms with Gasteiger partial charge in [-0.15, -0.1) is 0 Å². The molecule has 0 unspecified atom stereocenters. The summed E-state index contributed by atoms with van der Waals surface area (Å²) in [5.41, 5.74) is 4.39. The number of hydrazone groups is 1. The van der Waals surface area contributed by atoms with E-state index in [0.717, 1.165) is 12.0 Å². The second-order valence-electron chi connectivity index (χ2n) is 5.65. The molecule has 0 aliphatic heterocycles. The van der Waals surface area contributed by atoms with E-state index in [1.54, 1.807) is 24.3 Å². The molecule has 2 aromatic rings. The fraction of sp³-hybridized carbons (Fsp3) is 0.250. The number of hydrogen-bond acceptors (Lipinski definition) is 6. The lowest BCUT2D eigenvalue weighted by Gasteiger charge is -2.11. The first-order chi connectivity index (χ1) is 13.5. The van der Waals surface area contributed by atoms with Crippen LogP contribution in [-0.4, -0.2) is 39.4 Å². The third-order valence-electron chi connectivity index (χ3n) is 3.93. The lowest BCUT2D eigenvalue weighted by Crippen LogP contribution is -2.32. The van der Waals surface area contributed by atoms with Gasteiger partial charge in [0.25, 0.3) is 0 Å². The number of benzene rings is 2. The van der Waals surface area contributed by atoms with Crippen LogP contribution in [0, 0.1) is 0 Å². The topological polar surface area (TPSA) is 98.3 Å². The number of carbonyl (C=O) groups is 2. The zero-order valence-electron chi connectivity index (χ0n) is 16.2. The number of methoxy groups -OCH3 is 3. The Morgan fingerprint density at radius 3 is 2.11 bits per heavy atom. The van der Waals surface area contributed by atoms with Crippen molar-refractivity contribution in [1.29, 1.82) is 0 Å². The largest absolute Gasteiger partial charge is 0.496 e. The number of nitrogens with one attached hydrogen (secondary N) is 2. The number of rotatable bonds is 7. The van der Waals surface area contributed by atoms with Crippen molar-refractivity contribution in [3.63, 3.8) is 0 Å². The van der Waals surface area contributed by atoms with Gasteiger partial charge in [0.1, 0.15) is 5.75 Å². The molecule has 148 valence electrons. The molecule has 28 heavy (non-hydrogen) atoms. The highest BCUT2D eigenvalue weighted by atomic mass is 16.5. The number of nitrogens with zero attached hydrogens (tertiary/aromatic N) is 1. The highest BCUT2D eigenvalue weighted by molar-refractivity contribution is 6.39. The van der Waals surface area contributed by atoms with E-state index in [2.05, 4.69) is 15.8 Å². The highest BCUT2D eigenvalue weighted by Crippen LogP contribution is 2.33. The molecule has 2 rings (SSSR count). The number of hydrogen-bond donors (Lipinski definition) is 2. The van der Waals surface area contributed by atoms with Gasteiger partial charge >= 0.3 is 11.8 Å². The second-order valence-corrected chi connectivity index (χ2v) is 5.65. The SMILES string of the molecule is CCc1ccc(NC(=O)C(=O)N/N=C/c2cc(OC)c(OC)cc2OC)cc1. The Labute approximate surface area is 163 Å².